The number of nitrogen functional groups attached to an aromatic ring is 1. The Balaban J connectivity index is 2.07. The van der Waals surface area contributed by atoms with Crippen LogP contribution in [0.4, 0.5) is 5.69 Å². The molecule has 3 N–H and O–H groups in total. The zero-order valence-corrected chi connectivity index (χ0v) is 10.4. The Kier molecular flexibility index (Phi) is 3.32. The predicted octanol–water partition coefficient (Wildman–Crippen LogP) is 1.49. The van der Waals surface area contributed by atoms with E-state index in [-0.39, 0.29) is 11.9 Å². The maximum atomic E-state index is 11.9. The molecule has 0 saturated carbocycles. The molecule has 5 heteroatoms. The quantitative estimate of drug-likeness (QED) is 0.803. The number of carbonyl (C=O) groups excluding carboxylic acids is 1. The number of aryl methyl sites for hydroxylation is 1. The molecule has 0 aliphatic heterocycles. The summed E-state index contributed by atoms with van der Waals surface area (Å²) in [6.45, 7) is 1.91. The van der Waals surface area contributed by atoms with Gasteiger partial charge in [-0.2, -0.15) is 5.10 Å². The van der Waals surface area contributed by atoms with Gasteiger partial charge in [0, 0.05) is 18.9 Å². The van der Waals surface area contributed by atoms with Crippen LogP contribution in [-0.4, -0.2) is 15.7 Å². The van der Waals surface area contributed by atoms with E-state index in [9.17, 15) is 4.79 Å². The van der Waals surface area contributed by atoms with Gasteiger partial charge in [-0.15, -0.1) is 0 Å². The fourth-order valence-corrected chi connectivity index (χ4v) is 1.72. The van der Waals surface area contributed by atoms with Crippen molar-refractivity contribution in [1.82, 2.24) is 15.1 Å². The maximum absolute atomic E-state index is 11.9. The van der Waals surface area contributed by atoms with Crippen molar-refractivity contribution >= 4 is 11.6 Å². The fraction of sp³-hybridized carbons (Fsp3) is 0.231. The monoisotopic (exact) mass is 244 g/mol. The van der Waals surface area contributed by atoms with Gasteiger partial charge < -0.3 is 11.1 Å². The highest BCUT2D eigenvalue weighted by atomic mass is 16.2. The van der Waals surface area contributed by atoms with Crippen molar-refractivity contribution in [3.05, 3.63) is 47.8 Å². The Morgan fingerprint density at radius 1 is 1.44 bits per heavy atom. The first kappa shape index (κ1) is 12.2. The van der Waals surface area contributed by atoms with Crippen LogP contribution >= 0.6 is 0 Å². The molecule has 0 radical (unpaired) electrons. The third kappa shape index (κ3) is 2.68. The van der Waals surface area contributed by atoms with Gasteiger partial charge >= 0.3 is 0 Å². The molecule has 1 atom stereocenters. The number of hydrogen-bond acceptors (Lipinski definition) is 3. The first-order valence-electron chi connectivity index (χ1n) is 5.72. The molecule has 0 bridgehead atoms. The lowest BCUT2D eigenvalue weighted by Crippen LogP contribution is -2.27. The minimum Gasteiger partial charge on any atom is -0.399 e. The molecule has 2 aromatic rings. The molecule has 1 unspecified atom stereocenters. The van der Waals surface area contributed by atoms with E-state index in [0.29, 0.717) is 11.4 Å². The van der Waals surface area contributed by atoms with Crippen LogP contribution in [0.15, 0.2) is 36.5 Å². The Labute approximate surface area is 106 Å². The molecule has 2 rings (SSSR count). The number of anilines is 1. The summed E-state index contributed by atoms with van der Waals surface area (Å²) in [5, 5.41) is 6.94. The van der Waals surface area contributed by atoms with Gasteiger partial charge in [0.2, 0.25) is 0 Å². The molecular formula is C13H16N4O. The van der Waals surface area contributed by atoms with Crippen LogP contribution in [0.25, 0.3) is 0 Å². The Morgan fingerprint density at radius 3 is 2.83 bits per heavy atom. The van der Waals surface area contributed by atoms with Crippen LogP contribution in [0.2, 0.25) is 0 Å². The van der Waals surface area contributed by atoms with Gasteiger partial charge in [-0.1, -0.05) is 12.1 Å². The largest absolute Gasteiger partial charge is 0.399 e. The van der Waals surface area contributed by atoms with Crippen LogP contribution in [0.5, 0.6) is 0 Å². The van der Waals surface area contributed by atoms with Crippen molar-refractivity contribution in [3.63, 3.8) is 0 Å². The average Bonchev–Trinajstić information content (AvgIpc) is 2.76. The van der Waals surface area contributed by atoms with Crippen LogP contribution in [0.1, 0.15) is 29.0 Å². The molecule has 18 heavy (non-hydrogen) atoms. The molecule has 94 valence electrons. The summed E-state index contributed by atoms with van der Waals surface area (Å²) in [6.07, 6.45) is 1.74. The number of nitrogens with two attached hydrogens (primary N) is 1. The smallest absolute Gasteiger partial charge is 0.272 e. The normalized spacial score (nSPS) is 12.1. The summed E-state index contributed by atoms with van der Waals surface area (Å²) in [6, 6.07) is 9.04. The molecule has 0 aliphatic carbocycles. The van der Waals surface area contributed by atoms with E-state index in [1.165, 1.54) is 0 Å². The van der Waals surface area contributed by atoms with Crippen LogP contribution in [0.3, 0.4) is 0 Å². The third-order valence-corrected chi connectivity index (χ3v) is 2.70. The zero-order chi connectivity index (χ0) is 13.1. The molecule has 1 heterocycles. The maximum Gasteiger partial charge on any atom is 0.272 e. The Hall–Kier alpha value is -2.30. The first-order chi connectivity index (χ1) is 8.56. The van der Waals surface area contributed by atoms with Gasteiger partial charge in [0.05, 0.1) is 6.04 Å². The molecule has 1 aromatic carbocycles. The van der Waals surface area contributed by atoms with Crippen LogP contribution in [0, 0.1) is 0 Å². The molecular weight excluding hydrogens is 228 g/mol. The van der Waals surface area contributed by atoms with Crippen molar-refractivity contribution in [2.45, 2.75) is 13.0 Å². The van der Waals surface area contributed by atoms with Gasteiger partial charge in [0.1, 0.15) is 5.69 Å². The molecule has 1 amide bonds. The second-order valence-corrected chi connectivity index (χ2v) is 4.24. The van der Waals surface area contributed by atoms with Gasteiger partial charge in [-0.25, -0.2) is 0 Å². The number of nitrogens with zero attached hydrogens (tertiary/aromatic N) is 2. The zero-order valence-electron chi connectivity index (χ0n) is 10.4. The number of hydrogen-bond donors (Lipinski definition) is 2. The van der Waals surface area contributed by atoms with Crippen molar-refractivity contribution in [1.29, 1.82) is 0 Å². The average molecular weight is 244 g/mol. The third-order valence-electron chi connectivity index (χ3n) is 2.70. The minimum absolute atomic E-state index is 0.108. The van der Waals surface area contributed by atoms with Crippen molar-refractivity contribution in [2.75, 3.05) is 5.73 Å². The van der Waals surface area contributed by atoms with Gasteiger partial charge in [-0.3, -0.25) is 9.48 Å². The Bertz CT molecular complexity index is 562. The molecule has 5 nitrogen and oxygen atoms in total. The molecule has 1 aromatic heterocycles. The lowest BCUT2D eigenvalue weighted by Gasteiger charge is -2.13. The lowest BCUT2D eigenvalue weighted by molar-refractivity contribution is 0.0934. The summed E-state index contributed by atoms with van der Waals surface area (Å²) in [5.74, 6) is -0.189. The summed E-state index contributed by atoms with van der Waals surface area (Å²) >= 11 is 0. The standard InChI is InChI=1S/C13H16N4O/c1-9(10-4-3-5-11(14)8-10)15-13(18)12-6-7-17(2)16-12/h3-9H,14H2,1-2H3,(H,15,18). The second-order valence-electron chi connectivity index (χ2n) is 4.24. The number of aromatic nitrogens is 2. The topological polar surface area (TPSA) is 72.9 Å². The highest BCUT2D eigenvalue weighted by Gasteiger charge is 2.13. The van der Waals surface area contributed by atoms with Crippen molar-refractivity contribution in [3.8, 4) is 0 Å². The van der Waals surface area contributed by atoms with E-state index in [1.54, 1.807) is 24.0 Å². The van der Waals surface area contributed by atoms with E-state index < -0.39 is 0 Å². The van der Waals surface area contributed by atoms with Gasteiger partial charge in [0.25, 0.3) is 5.91 Å². The molecule has 0 spiro atoms. The number of amides is 1. The van der Waals surface area contributed by atoms with Gasteiger partial charge in [-0.05, 0) is 30.7 Å². The second kappa shape index (κ2) is 4.91. The van der Waals surface area contributed by atoms with Crippen molar-refractivity contribution in [2.24, 2.45) is 7.05 Å². The van der Waals surface area contributed by atoms with E-state index in [2.05, 4.69) is 10.4 Å². The van der Waals surface area contributed by atoms with Crippen LogP contribution < -0.4 is 11.1 Å². The summed E-state index contributed by atoms with van der Waals surface area (Å²) in [7, 11) is 1.78. The summed E-state index contributed by atoms with van der Waals surface area (Å²) in [5.41, 5.74) is 7.78. The highest BCUT2D eigenvalue weighted by molar-refractivity contribution is 5.92. The van der Waals surface area contributed by atoms with Gasteiger partial charge in [0.15, 0.2) is 0 Å². The van der Waals surface area contributed by atoms with E-state index in [0.717, 1.165) is 5.56 Å². The Morgan fingerprint density at radius 2 is 2.22 bits per heavy atom. The number of benzene rings is 1. The van der Waals surface area contributed by atoms with E-state index in [4.69, 9.17) is 5.73 Å². The number of nitrogens with one attached hydrogen (secondary N) is 1. The molecule has 0 saturated heterocycles. The van der Waals surface area contributed by atoms with E-state index >= 15 is 0 Å². The molecule has 0 fully saturated rings. The van der Waals surface area contributed by atoms with Crippen molar-refractivity contribution < 1.29 is 4.79 Å². The van der Waals surface area contributed by atoms with Crippen LogP contribution in [-0.2, 0) is 7.05 Å². The lowest BCUT2D eigenvalue weighted by atomic mass is 10.1. The minimum atomic E-state index is -0.189. The molecule has 0 aliphatic rings. The fourth-order valence-electron chi connectivity index (χ4n) is 1.72. The first-order valence-corrected chi connectivity index (χ1v) is 5.72. The predicted molar refractivity (Wildman–Crippen MR) is 69.9 cm³/mol. The van der Waals surface area contributed by atoms with E-state index in [1.807, 2.05) is 31.2 Å². The number of rotatable bonds is 3. The highest BCUT2D eigenvalue weighted by Crippen LogP contribution is 2.15. The number of carbonyl (C=O) groups is 1. The SMILES string of the molecule is CC(NC(=O)c1ccn(C)n1)c1cccc(N)c1. The summed E-state index contributed by atoms with van der Waals surface area (Å²) in [4.78, 5) is 11.9. The summed E-state index contributed by atoms with van der Waals surface area (Å²) < 4.78 is 1.60.